The summed E-state index contributed by atoms with van der Waals surface area (Å²) < 4.78 is 17.3. The highest BCUT2D eigenvalue weighted by Gasteiger charge is 2.31. The predicted molar refractivity (Wildman–Crippen MR) is 138 cm³/mol. The number of likely N-dealkylation sites (tertiary alicyclic amines) is 1. The van der Waals surface area contributed by atoms with Crippen molar-refractivity contribution in [2.45, 2.75) is 64.6 Å². The SMILES string of the molecule is CCO.COc1ccc([C@@H]2CN(CCC(=O)OCc3ccccc3)C[C@@H]2C)cc1OC1CCCC1. The first kappa shape index (κ1) is 27.0. The number of esters is 1. The number of methoxy groups -OCH3 is 1. The van der Waals surface area contributed by atoms with Crippen LogP contribution in [0.15, 0.2) is 48.5 Å². The van der Waals surface area contributed by atoms with E-state index in [0.29, 0.717) is 31.0 Å². The van der Waals surface area contributed by atoms with Crippen molar-refractivity contribution in [3.63, 3.8) is 0 Å². The third-order valence-corrected chi connectivity index (χ3v) is 6.77. The van der Waals surface area contributed by atoms with E-state index in [2.05, 4.69) is 24.0 Å². The second-order valence-corrected chi connectivity index (χ2v) is 9.49. The van der Waals surface area contributed by atoms with Gasteiger partial charge >= 0.3 is 5.97 Å². The quantitative estimate of drug-likeness (QED) is 0.496. The lowest BCUT2D eigenvalue weighted by molar-refractivity contribution is -0.145. The zero-order valence-corrected chi connectivity index (χ0v) is 21.4. The maximum absolute atomic E-state index is 12.2. The predicted octanol–water partition coefficient (Wildman–Crippen LogP) is 5.18. The summed E-state index contributed by atoms with van der Waals surface area (Å²) in [6.07, 6.45) is 5.47. The number of rotatable bonds is 9. The lowest BCUT2D eigenvalue weighted by atomic mass is 9.90. The van der Waals surface area contributed by atoms with Crippen LogP contribution in [0.5, 0.6) is 11.5 Å². The smallest absolute Gasteiger partial charge is 0.307 e. The van der Waals surface area contributed by atoms with Crippen LogP contribution in [0.2, 0.25) is 0 Å². The Hall–Kier alpha value is -2.57. The molecule has 192 valence electrons. The molecular formula is C29H41NO5. The Morgan fingerprint density at radius 2 is 1.77 bits per heavy atom. The average molecular weight is 484 g/mol. The van der Waals surface area contributed by atoms with Crippen molar-refractivity contribution in [3.8, 4) is 11.5 Å². The molecule has 1 N–H and O–H groups in total. The molecule has 6 heteroatoms. The van der Waals surface area contributed by atoms with E-state index in [-0.39, 0.29) is 12.6 Å². The van der Waals surface area contributed by atoms with E-state index >= 15 is 0 Å². The van der Waals surface area contributed by atoms with Gasteiger partial charge in [-0.1, -0.05) is 43.3 Å². The minimum atomic E-state index is -0.137. The van der Waals surface area contributed by atoms with Crippen molar-refractivity contribution in [2.24, 2.45) is 5.92 Å². The third kappa shape index (κ3) is 8.25. The van der Waals surface area contributed by atoms with Gasteiger partial charge in [-0.3, -0.25) is 4.79 Å². The van der Waals surface area contributed by atoms with Crippen LogP contribution in [0, 0.1) is 5.92 Å². The van der Waals surface area contributed by atoms with Crippen LogP contribution in [0.4, 0.5) is 0 Å². The molecule has 2 atom stereocenters. The summed E-state index contributed by atoms with van der Waals surface area (Å²) >= 11 is 0. The molecule has 0 aromatic heterocycles. The highest BCUT2D eigenvalue weighted by molar-refractivity contribution is 5.69. The number of ether oxygens (including phenoxy) is 3. The van der Waals surface area contributed by atoms with E-state index < -0.39 is 0 Å². The van der Waals surface area contributed by atoms with Crippen molar-refractivity contribution >= 4 is 5.97 Å². The molecule has 1 heterocycles. The standard InChI is InChI=1S/C27H35NO4.C2H6O/c1-20-17-28(15-14-27(29)31-19-21-8-4-3-5-9-21)18-24(20)22-12-13-25(30-2)26(16-22)32-23-10-6-7-11-23;1-2-3/h3-5,8-9,12-13,16,20,23-24H,6-7,10-11,14-15,17-19H2,1-2H3;3H,2H2,1H3/t20-,24+;/m0./s1. The highest BCUT2D eigenvalue weighted by atomic mass is 16.5. The van der Waals surface area contributed by atoms with E-state index in [1.165, 1.54) is 18.4 Å². The summed E-state index contributed by atoms with van der Waals surface area (Å²) in [5, 5.41) is 7.57. The maximum atomic E-state index is 12.2. The largest absolute Gasteiger partial charge is 0.493 e. The van der Waals surface area contributed by atoms with E-state index in [4.69, 9.17) is 19.3 Å². The summed E-state index contributed by atoms with van der Waals surface area (Å²) in [6, 6.07) is 16.2. The minimum absolute atomic E-state index is 0.137. The number of hydrogen-bond donors (Lipinski definition) is 1. The van der Waals surface area contributed by atoms with Gasteiger partial charge in [0.2, 0.25) is 0 Å². The van der Waals surface area contributed by atoms with Crippen LogP contribution in [0.25, 0.3) is 0 Å². The van der Waals surface area contributed by atoms with Gasteiger partial charge in [0.15, 0.2) is 11.5 Å². The minimum Gasteiger partial charge on any atom is -0.493 e. The van der Waals surface area contributed by atoms with Crippen molar-refractivity contribution in [3.05, 3.63) is 59.7 Å². The van der Waals surface area contributed by atoms with Crippen LogP contribution < -0.4 is 9.47 Å². The molecule has 0 spiro atoms. The molecule has 6 nitrogen and oxygen atoms in total. The molecular weight excluding hydrogens is 442 g/mol. The van der Waals surface area contributed by atoms with Gasteiger partial charge in [0.25, 0.3) is 0 Å². The first-order chi connectivity index (χ1) is 17.0. The Balaban J connectivity index is 0.00000108. The fraction of sp³-hybridized carbons (Fsp3) is 0.552. The van der Waals surface area contributed by atoms with Crippen molar-refractivity contribution in [2.75, 3.05) is 33.4 Å². The molecule has 1 aliphatic carbocycles. The number of aliphatic hydroxyl groups excluding tert-OH is 1. The van der Waals surface area contributed by atoms with Gasteiger partial charge in [-0.2, -0.15) is 0 Å². The van der Waals surface area contributed by atoms with E-state index in [0.717, 1.165) is 49.5 Å². The van der Waals surface area contributed by atoms with E-state index in [1.54, 1.807) is 14.0 Å². The number of hydrogen-bond acceptors (Lipinski definition) is 6. The van der Waals surface area contributed by atoms with Gasteiger partial charge in [-0.25, -0.2) is 0 Å². The number of benzene rings is 2. The molecule has 2 aromatic rings. The van der Waals surface area contributed by atoms with Crippen molar-refractivity contribution in [1.29, 1.82) is 0 Å². The van der Waals surface area contributed by atoms with Crippen LogP contribution in [0.3, 0.4) is 0 Å². The zero-order valence-electron chi connectivity index (χ0n) is 21.4. The number of carbonyl (C=O) groups excluding carboxylic acids is 1. The highest BCUT2D eigenvalue weighted by Crippen LogP contribution is 2.38. The summed E-state index contributed by atoms with van der Waals surface area (Å²) in [6.45, 7) is 7.23. The molecule has 35 heavy (non-hydrogen) atoms. The van der Waals surface area contributed by atoms with Gasteiger partial charge in [0.1, 0.15) is 6.61 Å². The molecule has 2 fully saturated rings. The normalized spacial score (nSPS) is 20.2. The average Bonchev–Trinajstić information content (AvgIpc) is 3.52. The molecule has 2 aromatic carbocycles. The second kappa shape index (κ2) is 14.1. The Labute approximate surface area is 210 Å². The first-order valence-corrected chi connectivity index (χ1v) is 12.9. The summed E-state index contributed by atoms with van der Waals surface area (Å²) in [5.74, 6) is 2.48. The fourth-order valence-corrected chi connectivity index (χ4v) is 4.95. The van der Waals surface area contributed by atoms with Crippen LogP contribution >= 0.6 is 0 Å². The lowest BCUT2D eigenvalue weighted by Crippen LogP contribution is -2.24. The zero-order chi connectivity index (χ0) is 25.0. The molecule has 0 bridgehead atoms. The van der Waals surface area contributed by atoms with E-state index in [1.807, 2.05) is 36.4 Å². The molecule has 2 aliphatic rings. The van der Waals surface area contributed by atoms with E-state index in [9.17, 15) is 4.79 Å². The van der Waals surface area contributed by atoms with Gasteiger partial charge in [0.05, 0.1) is 19.6 Å². The molecule has 1 saturated heterocycles. The van der Waals surface area contributed by atoms with Crippen molar-refractivity contribution < 1.29 is 24.1 Å². The third-order valence-electron chi connectivity index (χ3n) is 6.77. The molecule has 4 rings (SSSR count). The monoisotopic (exact) mass is 483 g/mol. The molecule has 1 saturated carbocycles. The van der Waals surface area contributed by atoms with Gasteiger partial charge in [-0.15, -0.1) is 0 Å². The summed E-state index contributed by atoms with van der Waals surface area (Å²) in [5.41, 5.74) is 2.31. The van der Waals surface area contributed by atoms with Gasteiger partial charge in [-0.05, 0) is 61.8 Å². The molecule has 0 unspecified atom stereocenters. The Bertz CT molecular complexity index is 897. The molecule has 0 radical (unpaired) electrons. The van der Waals surface area contributed by atoms with Gasteiger partial charge < -0.3 is 24.2 Å². The van der Waals surface area contributed by atoms with Crippen LogP contribution in [-0.2, 0) is 16.1 Å². The Morgan fingerprint density at radius 3 is 2.46 bits per heavy atom. The van der Waals surface area contributed by atoms with Crippen LogP contribution in [-0.4, -0.2) is 55.4 Å². The first-order valence-electron chi connectivity index (χ1n) is 12.9. The second-order valence-electron chi connectivity index (χ2n) is 9.49. The van der Waals surface area contributed by atoms with Crippen LogP contribution in [0.1, 0.15) is 63.0 Å². The topological polar surface area (TPSA) is 68.2 Å². The summed E-state index contributed by atoms with van der Waals surface area (Å²) in [4.78, 5) is 14.6. The Morgan fingerprint density at radius 1 is 1.06 bits per heavy atom. The molecule has 0 amide bonds. The Kier molecular flexibility index (Phi) is 10.9. The fourth-order valence-electron chi connectivity index (χ4n) is 4.95. The number of nitrogens with zero attached hydrogens (tertiary/aromatic N) is 1. The number of carbonyl (C=O) groups is 1. The number of aliphatic hydroxyl groups is 1. The summed E-state index contributed by atoms with van der Waals surface area (Å²) in [7, 11) is 1.70. The van der Waals surface area contributed by atoms with Crippen molar-refractivity contribution in [1.82, 2.24) is 4.90 Å². The molecule has 1 aliphatic heterocycles. The lowest BCUT2D eigenvalue weighted by Gasteiger charge is -2.20. The van der Waals surface area contributed by atoms with Gasteiger partial charge in [0, 0.05) is 32.2 Å². The maximum Gasteiger partial charge on any atom is 0.307 e.